The van der Waals surface area contributed by atoms with Crippen molar-refractivity contribution in [3.8, 4) is 51.4 Å². The highest BCUT2D eigenvalue weighted by atomic mass is 16.5. The van der Waals surface area contributed by atoms with Gasteiger partial charge in [0.2, 0.25) is 11.5 Å². The molecule has 0 aliphatic carbocycles. The van der Waals surface area contributed by atoms with Crippen LogP contribution in [0, 0.1) is 0 Å². The molecule has 0 atom stereocenters. The van der Waals surface area contributed by atoms with Crippen LogP contribution in [0.1, 0.15) is 15.9 Å². The van der Waals surface area contributed by atoms with Gasteiger partial charge >= 0.3 is 0 Å². The van der Waals surface area contributed by atoms with Gasteiger partial charge in [-0.3, -0.25) is 4.79 Å². The van der Waals surface area contributed by atoms with Gasteiger partial charge in [-0.25, -0.2) is 0 Å². The first-order chi connectivity index (χ1) is 16.9. The van der Waals surface area contributed by atoms with Crippen molar-refractivity contribution in [2.24, 2.45) is 0 Å². The fourth-order valence-corrected chi connectivity index (χ4v) is 3.62. The van der Waals surface area contributed by atoms with Crippen LogP contribution >= 0.6 is 0 Å². The molecule has 3 aromatic carbocycles. The Balaban J connectivity index is 1.98. The Bertz CT molecular complexity index is 1200. The fourth-order valence-electron chi connectivity index (χ4n) is 3.62. The molecule has 8 heteroatoms. The summed E-state index contributed by atoms with van der Waals surface area (Å²) in [7, 11) is 9.13. The molecule has 184 valence electrons. The van der Waals surface area contributed by atoms with E-state index in [9.17, 15) is 9.90 Å². The molecule has 0 heterocycles. The number of ether oxygens (including phenoxy) is 6. The van der Waals surface area contributed by atoms with Gasteiger partial charge in [0.05, 0.1) is 48.2 Å². The van der Waals surface area contributed by atoms with Crippen LogP contribution in [-0.2, 0) is 0 Å². The lowest BCUT2D eigenvalue weighted by Gasteiger charge is -2.15. The second kappa shape index (κ2) is 11.2. The summed E-state index contributed by atoms with van der Waals surface area (Å²) < 4.78 is 32.3. The van der Waals surface area contributed by atoms with Gasteiger partial charge in [-0.2, -0.15) is 0 Å². The Morgan fingerprint density at radius 3 is 1.60 bits per heavy atom. The number of hydrogen-bond donors (Lipinski definition) is 1. The summed E-state index contributed by atoms with van der Waals surface area (Å²) in [5, 5.41) is 10.4. The number of benzene rings is 3. The van der Waals surface area contributed by atoms with Crippen molar-refractivity contribution < 1.29 is 38.3 Å². The van der Waals surface area contributed by atoms with Gasteiger partial charge in [-0.15, -0.1) is 0 Å². The van der Waals surface area contributed by atoms with Crippen molar-refractivity contribution in [1.29, 1.82) is 0 Å². The number of allylic oxidation sites excluding steroid dienone is 1. The molecule has 1 N–H and O–H groups in total. The minimum absolute atomic E-state index is 0.138. The van der Waals surface area contributed by atoms with Gasteiger partial charge in [0, 0.05) is 0 Å². The van der Waals surface area contributed by atoms with Gasteiger partial charge in [-0.1, -0.05) is 12.1 Å². The van der Waals surface area contributed by atoms with Crippen LogP contribution in [0.25, 0.3) is 17.2 Å². The number of carbonyl (C=O) groups is 1. The number of carbonyl (C=O) groups excluding carboxylic acids is 1. The number of phenols is 1. The molecule has 0 bridgehead atoms. The Morgan fingerprint density at radius 2 is 1.14 bits per heavy atom. The number of aromatic hydroxyl groups is 1. The lowest BCUT2D eigenvalue weighted by molar-refractivity contribution is 0.104. The summed E-state index contributed by atoms with van der Waals surface area (Å²) in [4.78, 5) is 13.0. The third-order valence-electron chi connectivity index (χ3n) is 5.37. The van der Waals surface area contributed by atoms with Crippen LogP contribution in [0.15, 0.2) is 48.5 Å². The van der Waals surface area contributed by atoms with Crippen LogP contribution < -0.4 is 28.4 Å². The van der Waals surface area contributed by atoms with Gasteiger partial charge in [0.1, 0.15) is 5.75 Å². The first kappa shape index (κ1) is 25.3. The Kier molecular flexibility index (Phi) is 8.09. The third kappa shape index (κ3) is 5.27. The summed E-state index contributed by atoms with van der Waals surface area (Å²) in [6.45, 7) is 0. The molecule has 0 unspecified atom stereocenters. The average molecular weight is 481 g/mol. The molecule has 0 aliphatic heterocycles. The SMILES string of the molecule is COc1cc(/C=C/C(=O)c2cc(-c3cc(OC)c(OC)c(OC)c3)ccc2O)cc(OC)c1OC. The zero-order valence-corrected chi connectivity index (χ0v) is 20.5. The Hall–Kier alpha value is -4.33. The quantitative estimate of drug-likeness (QED) is 0.320. The third-order valence-corrected chi connectivity index (χ3v) is 5.37. The monoisotopic (exact) mass is 480 g/mol. The maximum absolute atomic E-state index is 13.0. The maximum atomic E-state index is 13.0. The van der Waals surface area contributed by atoms with Crippen LogP contribution in [-0.4, -0.2) is 53.5 Å². The van der Waals surface area contributed by atoms with E-state index in [1.165, 1.54) is 54.8 Å². The summed E-state index contributed by atoms with van der Waals surface area (Å²) >= 11 is 0. The minimum Gasteiger partial charge on any atom is -0.507 e. The van der Waals surface area contributed by atoms with E-state index < -0.39 is 0 Å². The normalized spacial score (nSPS) is 10.7. The van der Waals surface area contributed by atoms with E-state index in [1.54, 1.807) is 42.5 Å². The molecule has 0 saturated carbocycles. The standard InChI is InChI=1S/C27H28O8/c1-30-22-11-16(12-23(31-2)26(22)34-5)7-9-20(28)19-13-17(8-10-21(19)29)18-14-24(32-3)27(35-6)25(15-18)33-4/h7-15,29H,1-6H3/b9-7+. The van der Waals surface area contributed by atoms with Crippen LogP contribution in [0.5, 0.6) is 40.2 Å². The molecule has 0 fully saturated rings. The van der Waals surface area contributed by atoms with Gasteiger partial charge in [0.15, 0.2) is 28.8 Å². The van der Waals surface area contributed by atoms with E-state index in [-0.39, 0.29) is 17.1 Å². The van der Waals surface area contributed by atoms with Crippen molar-refractivity contribution in [2.75, 3.05) is 42.7 Å². The summed E-state index contributed by atoms with van der Waals surface area (Å²) in [6.07, 6.45) is 2.98. The van der Waals surface area contributed by atoms with Crippen molar-refractivity contribution in [3.05, 3.63) is 59.7 Å². The lowest BCUT2D eigenvalue weighted by Crippen LogP contribution is -1.98. The van der Waals surface area contributed by atoms with Crippen LogP contribution in [0.2, 0.25) is 0 Å². The number of methoxy groups -OCH3 is 6. The smallest absolute Gasteiger partial charge is 0.203 e. The van der Waals surface area contributed by atoms with E-state index in [2.05, 4.69) is 0 Å². The second-order valence-corrected chi connectivity index (χ2v) is 7.30. The molecular formula is C27H28O8. The maximum Gasteiger partial charge on any atom is 0.203 e. The fraction of sp³-hybridized carbons (Fsp3) is 0.222. The zero-order chi connectivity index (χ0) is 25.5. The molecule has 0 spiro atoms. The predicted molar refractivity (Wildman–Crippen MR) is 133 cm³/mol. The average Bonchev–Trinajstić information content (AvgIpc) is 2.90. The summed E-state index contributed by atoms with van der Waals surface area (Å²) in [5.41, 5.74) is 2.21. The van der Waals surface area contributed by atoms with Crippen molar-refractivity contribution >= 4 is 11.9 Å². The molecule has 3 aromatic rings. The zero-order valence-electron chi connectivity index (χ0n) is 20.5. The molecule has 3 rings (SSSR count). The lowest BCUT2D eigenvalue weighted by atomic mass is 9.99. The van der Waals surface area contributed by atoms with E-state index in [0.717, 1.165) is 5.56 Å². The number of ketones is 1. The first-order valence-corrected chi connectivity index (χ1v) is 10.6. The largest absolute Gasteiger partial charge is 0.507 e. The van der Waals surface area contributed by atoms with Gasteiger partial charge in [-0.05, 0) is 59.2 Å². The van der Waals surface area contributed by atoms with E-state index in [1.807, 2.05) is 0 Å². The number of phenolic OH excluding ortho intramolecular Hbond substituents is 1. The Labute approximate surface area is 204 Å². The van der Waals surface area contributed by atoms with Crippen molar-refractivity contribution in [2.45, 2.75) is 0 Å². The van der Waals surface area contributed by atoms with Crippen LogP contribution in [0.3, 0.4) is 0 Å². The highest BCUT2D eigenvalue weighted by Gasteiger charge is 2.17. The van der Waals surface area contributed by atoms with E-state index in [0.29, 0.717) is 45.6 Å². The molecule has 35 heavy (non-hydrogen) atoms. The summed E-state index contributed by atoms with van der Waals surface area (Å²) in [5.74, 6) is 2.27. The highest BCUT2D eigenvalue weighted by Crippen LogP contribution is 2.42. The van der Waals surface area contributed by atoms with Gasteiger partial charge < -0.3 is 33.5 Å². The second-order valence-electron chi connectivity index (χ2n) is 7.30. The number of rotatable bonds is 10. The molecule has 0 aliphatic rings. The highest BCUT2D eigenvalue weighted by molar-refractivity contribution is 6.09. The molecule has 0 saturated heterocycles. The molecule has 0 radical (unpaired) electrons. The number of hydrogen-bond acceptors (Lipinski definition) is 8. The topological polar surface area (TPSA) is 92.7 Å². The van der Waals surface area contributed by atoms with Crippen molar-refractivity contribution in [1.82, 2.24) is 0 Å². The molecule has 0 amide bonds. The first-order valence-electron chi connectivity index (χ1n) is 10.6. The molecule has 0 aromatic heterocycles. The van der Waals surface area contributed by atoms with E-state index >= 15 is 0 Å². The van der Waals surface area contributed by atoms with E-state index in [4.69, 9.17) is 28.4 Å². The minimum atomic E-state index is -0.384. The van der Waals surface area contributed by atoms with Gasteiger partial charge in [0.25, 0.3) is 0 Å². The van der Waals surface area contributed by atoms with Crippen LogP contribution in [0.4, 0.5) is 0 Å². The molecular weight excluding hydrogens is 452 g/mol. The Morgan fingerprint density at radius 1 is 0.657 bits per heavy atom. The predicted octanol–water partition coefficient (Wildman–Crippen LogP) is 5.01. The summed E-state index contributed by atoms with van der Waals surface area (Å²) in [6, 6.07) is 11.8. The van der Waals surface area contributed by atoms with Crippen molar-refractivity contribution in [3.63, 3.8) is 0 Å². The molecule has 8 nitrogen and oxygen atoms in total.